The molecule has 0 atom stereocenters. The van der Waals surface area contributed by atoms with E-state index in [1.54, 1.807) is 9.48 Å². The second kappa shape index (κ2) is 17.3. The van der Waals surface area contributed by atoms with E-state index < -0.39 is 0 Å². The molecule has 0 bridgehead atoms. The van der Waals surface area contributed by atoms with Gasteiger partial charge in [-0.25, -0.2) is 4.80 Å². The molecule has 0 amide bonds. The molecule has 0 aliphatic heterocycles. The van der Waals surface area contributed by atoms with Gasteiger partial charge in [-0.3, -0.25) is 0 Å². The normalized spacial score (nSPS) is 8.35. The third-order valence-electron chi connectivity index (χ3n) is 2.09. The molecule has 0 saturated heterocycles. The first-order chi connectivity index (χ1) is 8.40. The number of aromatic nitrogens is 6. The summed E-state index contributed by atoms with van der Waals surface area (Å²) in [6.07, 6.45) is 5.72. The molecule has 6 nitrogen and oxygen atoms in total. The minimum Gasteiger partial charge on any atom is -0.424 e. The summed E-state index contributed by atoms with van der Waals surface area (Å²) in [6.45, 7) is 11.9. The number of aryl methyl sites for hydroxylation is 2. The van der Waals surface area contributed by atoms with Gasteiger partial charge in [0.05, 0.1) is 6.04 Å². The van der Waals surface area contributed by atoms with Crippen molar-refractivity contribution in [2.75, 3.05) is 0 Å². The average Bonchev–Trinajstić information content (AvgIpc) is 2.88. The second-order valence-electron chi connectivity index (χ2n) is 4.64. The minimum atomic E-state index is 0. The summed E-state index contributed by atoms with van der Waals surface area (Å²) in [5, 5.41) is 15.6. The maximum atomic E-state index is 4.06. The molecule has 0 fully saturated rings. The Labute approximate surface area is 193 Å². The van der Waals surface area contributed by atoms with Crippen LogP contribution in [0.5, 0.6) is 0 Å². The van der Waals surface area contributed by atoms with Crippen molar-refractivity contribution in [1.29, 1.82) is 0 Å². The van der Waals surface area contributed by atoms with Crippen LogP contribution in [0.2, 0.25) is 0 Å². The Kier molecular flexibility index (Phi) is 26.2. The molecule has 2 aromatic rings. The zero-order chi connectivity index (χ0) is 13.7. The largest absolute Gasteiger partial charge is 0.424 e. The SMILES string of the molecule is C.C.C.Cc1[c-]n(C(C)C)nn1.Cc1[c-]nn(C(C)C)n1.[Y].[Y]. The molecule has 2 radical (unpaired) electrons. The van der Waals surface area contributed by atoms with Crippen molar-refractivity contribution in [2.24, 2.45) is 0 Å². The van der Waals surface area contributed by atoms with E-state index in [2.05, 4.69) is 32.9 Å². The Balaban J connectivity index is -0.0000000771. The monoisotopic (exact) mass is 474 g/mol. The molecule has 0 aromatic carbocycles. The van der Waals surface area contributed by atoms with Crippen molar-refractivity contribution in [3.63, 3.8) is 0 Å². The maximum Gasteiger partial charge on any atom is 0.0626 e. The number of hydrogen-bond acceptors (Lipinski definition) is 4. The Morgan fingerprint density at radius 2 is 1.39 bits per heavy atom. The first-order valence-electron chi connectivity index (χ1n) is 6.02. The Bertz CT molecular complexity index is 436. The topological polar surface area (TPSA) is 61.4 Å². The standard InChI is InChI=1S/2C6H10N3.3CH4.2Y/c1-5(2)9-4-6(3)7-8-9;1-5(2)9-7-4-6(3)8-9;;;;;/h2*5H,1-3H3;3*1H4;;/q2*-1;;;;;. The smallest absolute Gasteiger partial charge is 0.0626 e. The second-order valence-corrected chi connectivity index (χ2v) is 4.64. The molecule has 0 aliphatic rings. The van der Waals surface area contributed by atoms with E-state index in [1.807, 2.05) is 41.5 Å². The summed E-state index contributed by atoms with van der Waals surface area (Å²) in [5.41, 5.74) is 1.70. The van der Waals surface area contributed by atoms with Gasteiger partial charge in [0.15, 0.2) is 0 Å². The van der Waals surface area contributed by atoms with Crippen molar-refractivity contribution in [2.45, 2.75) is 75.9 Å². The van der Waals surface area contributed by atoms with Crippen LogP contribution in [0.25, 0.3) is 0 Å². The van der Waals surface area contributed by atoms with Crippen LogP contribution in [-0.4, -0.2) is 30.0 Å². The van der Waals surface area contributed by atoms with Crippen LogP contribution >= 0.6 is 0 Å². The van der Waals surface area contributed by atoms with Crippen LogP contribution in [0.3, 0.4) is 0 Å². The molecule has 0 saturated carbocycles. The van der Waals surface area contributed by atoms with Crippen molar-refractivity contribution in [3.05, 3.63) is 23.8 Å². The van der Waals surface area contributed by atoms with Gasteiger partial charge < -0.3 is 22.2 Å². The third-order valence-corrected chi connectivity index (χ3v) is 2.09. The number of rotatable bonds is 2. The zero-order valence-corrected chi connectivity index (χ0v) is 18.7. The quantitative estimate of drug-likeness (QED) is 0.621. The fourth-order valence-corrected chi connectivity index (χ4v) is 1.11. The molecule has 0 unspecified atom stereocenters. The van der Waals surface area contributed by atoms with Crippen molar-refractivity contribution < 1.29 is 65.4 Å². The van der Waals surface area contributed by atoms with E-state index in [9.17, 15) is 0 Å². The van der Waals surface area contributed by atoms with Crippen LogP contribution < -0.4 is 0 Å². The van der Waals surface area contributed by atoms with Crippen LogP contribution in [0.1, 0.15) is 73.4 Å². The van der Waals surface area contributed by atoms with Gasteiger partial charge in [0.1, 0.15) is 0 Å². The van der Waals surface area contributed by atoms with E-state index in [0.29, 0.717) is 12.1 Å². The van der Waals surface area contributed by atoms with E-state index in [0.717, 1.165) is 11.4 Å². The number of hydrogen-bond donors (Lipinski definition) is 0. The van der Waals surface area contributed by atoms with E-state index in [4.69, 9.17) is 0 Å². The summed E-state index contributed by atoms with van der Waals surface area (Å²) in [5.74, 6) is 0. The molecule has 0 N–H and O–H groups in total. The molecule has 2 heterocycles. The van der Waals surface area contributed by atoms with Crippen LogP contribution in [-0.2, 0) is 65.4 Å². The molecule has 130 valence electrons. The van der Waals surface area contributed by atoms with Gasteiger partial charge in [-0.1, -0.05) is 36.1 Å². The summed E-state index contributed by atoms with van der Waals surface area (Å²) < 4.78 is 1.72. The molecule has 23 heavy (non-hydrogen) atoms. The predicted molar refractivity (Wildman–Crippen MR) is 88.2 cm³/mol. The van der Waals surface area contributed by atoms with Crippen LogP contribution in [0, 0.1) is 26.2 Å². The molecule has 8 heteroatoms. The fraction of sp³-hybridized carbons (Fsp3) is 0.733. The van der Waals surface area contributed by atoms with Crippen molar-refractivity contribution in [1.82, 2.24) is 30.0 Å². The summed E-state index contributed by atoms with van der Waals surface area (Å²) in [4.78, 5) is 1.65. The Hall–Kier alpha value is 0.488. The van der Waals surface area contributed by atoms with Crippen molar-refractivity contribution in [3.8, 4) is 0 Å². The summed E-state index contributed by atoms with van der Waals surface area (Å²) >= 11 is 0. The maximum absolute atomic E-state index is 4.06. The van der Waals surface area contributed by atoms with Gasteiger partial charge in [-0.15, -0.1) is 16.6 Å². The summed E-state index contributed by atoms with van der Waals surface area (Å²) in [6, 6.07) is 0.709. The first-order valence-corrected chi connectivity index (χ1v) is 6.02. The summed E-state index contributed by atoms with van der Waals surface area (Å²) in [7, 11) is 0. The molecular weight excluding hydrogens is 442 g/mol. The molecular formula is C15H32N6Y2-2. The average molecular weight is 474 g/mol. The van der Waals surface area contributed by atoms with Crippen LogP contribution in [0.4, 0.5) is 0 Å². The molecule has 0 spiro atoms. The fourth-order valence-electron chi connectivity index (χ4n) is 1.11. The van der Waals surface area contributed by atoms with Gasteiger partial charge >= 0.3 is 0 Å². The van der Waals surface area contributed by atoms with Crippen molar-refractivity contribution >= 4 is 0 Å². The van der Waals surface area contributed by atoms with Gasteiger partial charge in [0.2, 0.25) is 0 Å². The van der Waals surface area contributed by atoms with E-state index >= 15 is 0 Å². The molecule has 2 aromatic heterocycles. The molecule has 2 rings (SSSR count). The zero-order valence-electron chi connectivity index (χ0n) is 13.0. The van der Waals surface area contributed by atoms with Gasteiger partial charge in [-0.05, 0) is 27.7 Å². The van der Waals surface area contributed by atoms with Gasteiger partial charge in [0.25, 0.3) is 0 Å². The van der Waals surface area contributed by atoms with Gasteiger partial charge in [0, 0.05) is 71.5 Å². The van der Waals surface area contributed by atoms with Crippen LogP contribution in [0.15, 0.2) is 0 Å². The van der Waals surface area contributed by atoms with E-state index in [1.165, 1.54) is 0 Å². The van der Waals surface area contributed by atoms with E-state index in [-0.39, 0.29) is 87.7 Å². The molecule has 0 aliphatic carbocycles. The number of nitrogens with zero attached hydrogens (tertiary/aromatic N) is 6. The van der Waals surface area contributed by atoms with Gasteiger partial charge in [-0.2, -0.15) is 10.2 Å². The first kappa shape index (κ1) is 34.8. The minimum absolute atomic E-state index is 0. The Morgan fingerprint density at radius 1 is 0.870 bits per heavy atom. The predicted octanol–water partition coefficient (Wildman–Crippen LogP) is 3.84. The third kappa shape index (κ3) is 13.5. The Morgan fingerprint density at radius 3 is 1.57 bits per heavy atom.